The van der Waals surface area contributed by atoms with Gasteiger partial charge in [-0.1, -0.05) is 38.1 Å². The summed E-state index contributed by atoms with van der Waals surface area (Å²) in [5.41, 5.74) is 4.38. The Morgan fingerprint density at radius 1 is 0.862 bits per heavy atom. The van der Waals surface area contributed by atoms with Gasteiger partial charge in [0.25, 0.3) is 5.91 Å². The number of benzene rings is 2. The summed E-state index contributed by atoms with van der Waals surface area (Å²) in [6, 6.07) is 18.6. The fourth-order valence-electron chi connectivity index (χ4n) is 2.98. The minimum Gasteiger partial charge on any atom is -0.355 e. The Labute approximate surface area is 170 Å². The van der Waals surface area contributed by atoms with Crippen LogP contribution in [0.2, 0.25) is 0 Å². The maximum absolute atomic E-state index is 12.7. The van der Waals surface area contributed by atoms with Crippen molar-refractivity contribution < 1.29 is 9.59 Å². The highest BCUT2D eigenvalue weighted by Gasteiger charge is 2.12. The lowest BCUT2D eigenvalue weighted by atomic mass is 10.0. The van der Waals surface area contributed by atoms with Crippen LogP contribution in [0.15, 0.2) is 66.9 Å². The molecule has 148 valence electrons. The number of nitrogens with one attached hydrogen (secondary N) is 3. The molecule has 0 spiro atoms. The van der Waals surface area contributed by atoms with Crippen molar-refractivity contribution in [2.75, 3.05) is 16.0 Å². The number of hydrogen-bond acceptors (Lipinski definition) is 4. The smallest absolute Gasteiger partial charge is 0.274 e. The first kappa shape index (κ1) is 20.1. The van der Waals surface area contributed by atoms with Crippen molar-refractivity contribution in [1.82, 2.24) is 4.98 Å². The van der Waals surface area contributed by atoms with Gasteiger partial charge >= 0.3 is 0 Å². The first-order valence-electron chi connectivity index (χ1n) is 9.43. The third kappa shape index (κ3) is 5.42. The van der Waals surface area contributed by atoms with Crippen LogP contribution in [0.25, 0.3) is 0 Å². The van der Waals surface area contributed by atoms with E-state index < -0.39 is 0 Å². The number of aromatic nitrogens is 1. The summed E-state index contributed by atoms with van der Waals surface area (Å²) < 4.78 is 0. The summed E-state index contributed by atoms with van der Waals surface area (Å²) in [6.45, 7) is 5.64. The molecular weight excluding hydrogens is 364 g/mol. The predicted molar refractivity (Wildman–Crippen MR) is 117 cm³/mol. The molecule has 1 aromatic heterocycles. The highest BCUT2D eigenvalue weighted by atomic mass is 16.2. The van der Waals surface area contributed by atoms with E-state index in [4.69, 9.17) is 0 Å². The lowest BCUT2D eigenvalue weighted by Crippen LogP contribution is -2.15. The molecule has 0 bridgehead atoms. The molecule has 0 saturated heterocycles. The summed E-state index contributed by atoms with van der Waals surface area (Å²) >= 11 is 0. The summed E-state index contributed by atoms with van der Waals surface area (Å²) in [5.74, 6) is -0.108. The molecule has 2 aromatic carbocycles. The summed E-state index contributed by atoms with van der Waals surface area (Å²) in [4.78, 5) is 28.2. The normalized spacial score (nSPS) is 10.5. The monoisotopic (exact) mass is 388 g/mol. The van der Waals surface area contributed by atoms with Gasteiger partial charge in [-0.15, -0.1) is 0 Å². The van der Waals surface area contributed by atoms with E-state index >= 15 is 0 Å². The van der Waals surface area contributed by atoms with E-state index in [1.807, 2.05) is 48.5 Å². The van der Waals surface area contributed by atoms with E-state index in [0.717, 1.165) is 22.6 Å². The summed E-state index contributed by atoms with van der Waals surface area (Å²) in [7, 11) is 0. The first-order valence-corrected chi connectivity index (χ1v) is 9.43. The Morgan fingerprint density at radius 3 is 2.34 bits per heavy atom. The molecule has 0 aliphatic rings. The van der Waals surface area contributed by atoms with E-state index in [1.54, 1.807) is 18.3 Å². The average molecular weight is 388 g/mol. The van der Waals surface area contributed by atoms with E-state index in [0.29, 0.717) is 17.3 Å². The third-order valence-corrected chi connectivity index (χ3v) is 4.30. The molecule has 29 heavy (non-hydrogen) atoms. The zero-order valence-electron chi connectivity index (χ0n) is 16.7. The van der Waals surface area contributed by atoms with Gasteiger partial charge in [0.15, 0.2) is 0 Å². The lowest BCUT2D eigenvalue weighted by Gasteiger charge is -2.14. The Kier molecular flexibility index (Phi) is 6.24. The number of rotatable bonds is 6. The van der Waals surface area contributed by atoms with Crippen molar-refractivity contribution in [1.29, 1.82) is 0 Å². The SMILES string of the molecule is CC(=O)Nc1cccc(Nc2ccnc(C(=O)Nc3ccccc3C(C)C)c2)c1. The van der Waals surface area contributed by atoms with E-state index in [-0.39, 0.29) is 11.8 Å². The second kappa shape index (κ2) is 9.01. The van der Waals surface area contributed by atoms with Gasteiger partial charge in [0.2, 0.25) is 5.91 Å². The zero-order valence-corrected chi connectivity index (χ0v) is 16.7. The number of pyridine rings is 1. The quantitative estimate of drug-likeness (QED) is 0.545. The molecule has 0 unspecified atom stereocenters. The van der Waals surface area contributed by atoms with E-state index in [2.05, 4.69) is 34.8 Å². The minimum atomic E-state index is -0.270. The van der Waals surface area contributed by atoms with E-state index in [1.165, 1.54) is 6.92 Å². The van der Waals surface area contributed by atoms with Crippen LogP contribution in [0.3, 0.4) is 0 Å². The lowest BCUT2D eigenvalue weighted by molar-refractivity contribution is -0.114. The van der Waals surface area contributed by atoms with Crippen LogP contribution in [0.5, 0.6) is 0 Å². The first-order chi connectivity index (χ1) is 13.9. The standard InChI is InChI=1S/C23H24N4O2/c1-15(2)20-9-4-5-10-21(20)27-23(29)22-14-19(11-12-24-22)26-18-8-6-7-17(13-18)25-16(3)28/h4-15H,1-3H3,(H,24,26)(H,25,28)(H,27,29). The molecule has 0 radical (unpaired) electrons. The number of amides is 2. The van der Waals surface area contributed by atoms with Crippen LogP contribution in [0.4, 0.5) is 22.7 Å². The van der Waals surface area contributed by atoms with Crippen molar-refractivity contribution in [3.8, 4) is 0 Å². The van der Waals surface area contributed by atoms with Crippen molar-refractivity contribution in [3.05, 3.63) is 78.1 Å². The van der Waals surface area contributed by atoms with Gasteiger partial charge in [-0.3, -0.25) is 14.6 Å². The second-order valence-corrected chi connectivity index (χ2v) is 7.01. The Bertz CT molecular complexity index is 1030. The van der Waals surface area contributed by atoms with Crippen LogP contribution >= 0.6 is 0 Å². The van der Waals surface area contributed by atoms with Gasteiger partial charge in [0.1, 0.15) is 5.69 Å². The molecule has 3 rings (SSSR count). The highest BCUT2D eigenvalue weighted by molar-refractivity contribution is 6.03. The molecule has 1 heterocycles. The maximum atomic E-state index is 12.7. The molecule has 3 N–H and O–H groups in total. The fraction of sp³-hybridized carbons (Fsp3) is 0.174. The number of para-hydroxylation sites is 1. The number of hydrogen-bond donors (Lipinski definition) is 3. The van der Waals surface area contributed by atoms with Gasteiger partial charge in [-0.25, -0.2) is 0 Å². The maximum Gasteiger partial charge on any atom is 0.274 e. The van der Waals surface area contributed by atoms with Gasteiger partial charge in [0, 0.05) is 35.9 Å². The molecule has 0 fully saturated rings. The second-order valence-electron chi connectivity index (χ2n) is 7.01. The van der Waals surface area contributed by atoms with Crippen molar-refractivity contribution in [3.63, 3.8) is 0 Å². The number of carbonyl (C=O) groups excluding carboxylic acids is 2. The minimum absolute atomic E-state index is 0.133. The Balaban J connectivity index is 1.76. The van der Waals surface area contributed by atoms with Gasteiger partial charge in [-0.2, -0.15) is 0 Å². The summed E-state index contributed by atoms with van der Waals surface area (Å²) in [6.07, 6.45) is 1.59. The average Bonchev–Trinajstić information content (AvgIpc) is 2.68. The summed E-state index contributed by atoms with van der Waals surface area (Å²) in [5, 5.41) is 8.94. The zero-order chi connectivity index (χ0) is 20.8. The van der Waals surface area contributed by atoms with Crippen molar-refractivity contribution in [2.24, 2.45) is 0 Å². The molecule has 2 amide bonds. The van der Waals surface area contributed by atoms with Crippen LogP contribution in [0.1, 0.15) is 42.7 Å². The Morgan fingerprint density at radius 2 is 1.59 bits per heavy atom. The largest absolute Gasteiger partial charge is 0.355 e. The molecule has 6 heteroatoms. The van der Waals surface area contributed by atoms with Gasteiger partial charge in [0.05, 0.1) is 0 Å². The van der Waals surface area contributed by atoms with Crippen LogP contribution < -0.4 is 16.0 Å². The molecule has 3 aromatic rings. The van der Waals surface area contributed by atoms with Crippen LogP contribution in [-0.4, -0.2) is 16.8 Å². The highest BCUT2D eigenvalue weighted by Crippen LogP contribution is 2.25. The Hall–Kier alpha value is -3.67. The van der Waals surface area contributed by atoms with Crippen LogP contribution in [0, 0.1) is 0 Å². The van der Waals surface area contributed by atoms with Crippen molar-refractivity contribution >= 4 is 34.6 Å². The molecule has 0 atom stereocenters. The van der Waals surface area contributed by atoms with Gasteiger partial charge in [-0.05, 0) is 47.9 Å². The molecule has 0 aliphatic carbocycles. The molecule has 6 nitrogen and oxygen atoms in total. The number of anilines is 4. The number of carbonyl (C=O) groups is 2. The third-order valence-electron chi connectivity index (χ3n) is 4.30. The molecule has 0 aliphatic heterocycles. The predicted octanol–water partition coefficient (Wildman–Crippen LogP) is 5.16. The fourth-order valence-corrected chi connectivity index (χ4v) is 2.98. The van der Waals surface area contributed by atoms with Gasteiger partial charge < -0.3 is 16.0 Å². The van der Waals surface area contributed by atoms with Crippen molar-refractivity contribution in [2.45, 2.75) is 26.7 Å². The van der Waals surface area contributed by atoms with E-state index in [9.17, 15) is 9.59 Å². The number of nitrogens with zero attached hydrogens (tertiary/aromatic N) is 1. The topological polar surface area (TPSA) is 83.1 Å². The molecular formula is C23H24N4O2. The van der Waals surface area contributed by atoms with Crippen LogP contribution in [-0.2, 0) is 4.79 Å². The molecule has 0 saturated carbocycles.